The Labute approximate surface area is 104 Å². The number of ether oxygens (including phenoxy) is 1. The molecule has 1 aliphatic carbocycles. The highest BCUT2D eigenvalue weighted by Crippen LogP contribution is 2.43. The van der Waals surface area contributed by atoms with Gasteiger partial charge in [-0.3, -0.25) is 4.90 Å². The van der Waals surface area contributed by atoms with Crippen molar-refractivity contribution in [2.45, 2.75) is 62.6 Å². The first-order valence-electron chi connectivity index (χ1n) is 7.21. The Balaban J connectivity index is 1.74. The summed E-state index contributed by atoms with van der Waals surface area (Å²) in [5.74, 6) is 0.549. The molecule has 2 heterocycles. The lowest BCUT2D eigenvalue weighted by molar-refractivity contribution is -0.159. The van der Waals surface area contributed by atoms with Gasteiger partial charge >= 0.3 is 0 Å². The SMILES string of the molecule is CN1C2COCC1CC(O)(C1CCCCC1)C2. The maximum atomic E-state index is 11.0. The molecule has 1 saturated carbocycles. The van der Waals surface area contributed by atoms with Gasteiger partial charge in [0.05, 0.1) is 18.8 Å². The Hall–Kier alpha value is -0.120. The van der Waals surface area contributed by atoms with Crippen molar-refractivity contribution in [1.82, 2.24) is 4.90 Å². The summed E-state index contributed by atoms with van der Waals surface area (Å²) in [7, 11) is 2.19. The number of fused-ring (bicyclic) bond motifs is 2. The van der Waals surface area contributed by atoms with Crippen LogP contribution in [0.5, 0.6) is 0 Å². The zero-order valence-corrected chi connectivity index (χ0v) is 10.9. The minimum Gasteiger partial charge on any atom is -0.389 e. The molecular weight excluding hydrogens is 214 g/mol. The standard InChI is InChI=1S/C14H25NO2/c1-15-12-7-14(16,8-13(15)10-17-9-12)11-5-3-2-4-6-11/h11-13,16H,2-10H2,1H3. The van der Waals surface area contributed by atoms with Gasteiger partial charge in [0.15, 0.2) is 0 Å². The van der Waals surface area contributed by atoms with E-state index >= 15 is 0 Å². The summed E-state index contributed by atoms with van der Waals surface area (Å²) in [6.45, 7) is 1.62. The van der Waals surface area contributed by atoms with Crippen LogP contribution in [0.1, 0.15) is 44.9 Å². The smallest absolute Gasteiger partial charge is 0.0707 e. The van der Waals surface area contributed by atoms with Crippen molar-refractivity contribution < 1.29 is 9.84 Å². The van der Waals surface area contributed by atoms with Crippen molar-refractivity contribution in [3.05, 3.63) is 0 Å². The normalized spacial score (nSPS) is 44.8. The molecule has 2 aliphatic heterocycles. The number of rotatable bonds is 1. The molecule has 0 spiro atoms. The molecule has 0 amide bonds. The van der Waals surface area contributed by atoms with E-state index in [1.165, 1.54) is 32.1 Å². The molecule has 0 aromatic rings. The van der Waals surface area contributed by atoms with E-state index in [4.69, 9.17) is 4.74 Å². The first-order chi connectivity index (χ1) is 8.19. The van der Waals surface area contributed by atoms with Crippen LogP contribution in [0.2, 0.25) is 0 Å². The van der Waals surface area contributed by atoms with Gasteiger partial charge in [0, 0.05) is 12.1 Å². The average Bonchev–Trinajstić information content (AvgIpc) is 2.33. The van der Waals surface area contributed by atoms with E-state index in [2.05, 4.69) is 11.9 Å². The fourth-order valence-electron chi connectivity index (χ4n) is 4.15. The molecule has 2 saturated heterocycles. The predicted molar refractivity (Wildman–Crippen MR) is 66.9 cm³/mol. The predicted octanol–water partition coefficient (Wildman–Crippen LogP) is 1.79. The van der Waals surface area contributed by atoms with Gasteiger partial charge in [-0.25, -0.2) is 0 Å². The zero-order chi connectivity index (χ0) is 11.9. The Morgan fingerprint density at radius 3 is 2.24 bits per heavy atom. The van der Waals surface area contributed by atoms with Gasteiger partial charge in [-0.1, -0.05) is 19.3 Å². The Kier molecular flexibility index (Phi) is 3.18. The van der Waals surface area contributed by atoms with Crippen LogP contribution in [-0.2, 0) is 4.74 Å². The molecule has 0 aromatic heterocycles. The van der Waals surface area contributed by atoms with Gasteiger partial charge < -0.3 is 9.84 Å². The highest BCUT2D eigenvalue weighted by Gasteiger charge is 2.48. The van der Waals surface area contributed by atoms with E-state index < -0.39 is 5.60 Å². The minimum absolute atomic E-state index is 0.397. The largest absolute Gasteiger partial charge is 0.389 e. The zero-order valence-electron chi connectivity index (χ0n) is 10.9. The van der Waals surface area contributed by atoms with Crippen LogP contribution < -0.4 is 0 Å². The molecule has 17 heavy (non-hydrogen) atoms. The maximum Gasteiger partial charge on any atom is 0.0707 e. The topological polar surface area (TPSA) is 32.7 Å². The van der Waals surface area contributed by atoms with E-state index in [-0.39, 0.29) is 0 Å². The highest BCUT2D eigenvalue weighted by atomic mass is 16.5. The molecule has 3 fully saturated rings. The van der Waals surface area contributed by atoms with Gasteiger partial charge in [0.2, 0.25) is 0 Å². The van der Waals surface area contributed by atoms with Crippen LogP contribution in [-0.4, -0.2) is 48.0 Å². The molecule has 98 valence electrons. The molecule has 0 radical (unpaired) electrons. The summed E-state index contributed by atoms with van der Waals surface area (Å²) in [6.07, 6.45) is 8.31. The second kappa shape index (κ2) is 4.52. The van der Waals surface area contributed by atoms with E-state index in [1.807, 2.05) is 0 Å². The number of aliphatic hydroxyl groups is 1. The molecule has 3 nitrogen and oxygen atoms in total. The molecule has 0 aromatic carbocycles. The van der Waals surface area contributed by atoms with Gasteiger partial charge in [-0.2, -0.15) is 0 Å². The summed E-state index contributed by atoms with van der Waals surface area (Å²) in [4.78, 5) is 2.43. The first-order valence-corrected chi connectivity index (χ1v) is 7.21. The molecule has 3 heteroatoms. The van der Waals surface area contributed by atoms with Crippen LogP contribution >= 0.6 is 0 Å². The lowest BCUT2D eigenvalue weighted by Crippen LogP contribution is -2.62. The average molecular weight is 239 g/mol. The van der Waals surface area contributed by atoms with E-state index in [1.54, 1.807) is 0 Å². The van der Waals surface area contributed by atoms with Crippen molar-refractivity contribution >= 4 is 0 Å². The Morgan fingerprint density at radius 2 is 1.65 bits per heavy atom. The van der Waals surface area contributed by atoms with E-state index in [0.29, 0.717) is 18.0 Å². The molecule has 2 unspecified atom stereocenters. The Morgan fingerprint density at radius 1 is 1.06 bits per heavy atom. The van der Waals surface area contributed by atoms with E-state index in [0.717, 1.165) is 26.1 Å². The molecule has 1 N–H and O–H groups in total. The van der Waals surface area contributed by atoms with Crippen LogP contribution in [0.25, 0.3) is 0 Å². The monoisotopic (exact) mass is 239 g/mol. The van der Waals surface area contributed by atoms with Crippen LogP contribution in [0.15, 0.2) is 0 Å². The molecule has 3 rings (SSSR count). The van der Waals surface area contributed by atoms with Crippen molar-refractivity contribution in [3.63, 3.8) is 0 Å². The third kappa shape index (κ3) is 2.13. The number of morpholine rings is 1. The van der Waals surface area contributed by atoms with E-state index in [9.17, 15) is 5.11 Å². The first kappa shape index (κ1) is 11.9. The second-order valence-electron chi connectivity index (χ2n) is 6.36. The summed E-state index contributed by atoms with van der Waals surface area (Å²) in [5.41, 5.74) is -0.397. The van der Waals surface area contributed by atoms with Gasteiger partial charge in [-0.05, 0) is 38.6 Å². The Bertz CT molecular complexity index is 261. The second-order valence-corrected chi connectivity index (χ2v) is 6.36. The molecule has 3 aliphatic rings. The lowest BCUT2D eigenvalue weighted by Gasteiger charge is -2.53. The number of nitrogens with zero attached hydrogens (tertiary/aromatic N) is 1. The summed E-state index contributed by atoms with van der Waals surface area (Å²) in [6, 6.07) is 0.879. The molecular formula is C14H25NO2. The van der Waals surface area contributed by atoms with Crippen molar-refractivity contribution in [2.75, 3.05) is 20.3 Å². The third-order valence-electron chi connectivity index (χ3n) is 5.32. The highest BCUT2D eigenvalue weighted by molar-refractivity contribution is 5.01. The van der Waals surface area contributed by atoms with Crippen LogP contribution in [0.3, 0.4) is 0 Å². The molecule has 2 atom stereocenters. The van der Waals surface area contributed by atoms with Gasteiger partial charge in [0.1, 0.15) is 0 Å². The summed E-state index contributed by atoms with van der Waals surface area (Å²) >= 11 is 0. The van der Waals surface area contributed by atoms with Gasteiger partial charge in [-0.15, -0.1) is 0 Å². The number of hydrogen-bond donors (Lipinski definition) is 1. The quantitative estimate of drug-likeness (QED) is 0.757. The number of hydrogen-bond acceptors (Lipinski definition) is 3. The molecule has 2 bridgehead atoms. The summed E-state index contributed by atoms with van der Waals surface area (Å²) in [5, 5.41) is 11.0. The number of piperidine rings is 1. The fourth-order valence-corrected chi connectivity index (χ4v) is 4.15. The summed E-state index contributed by atoms with van der Waals surface area (Å²) < 4.78 is 5.63. The fraction of sp³-hybridized carbons (Fsp3) is 1.00. The lowest BCUT2D eigenvalue weighted by atomic mass is 9.68. The maximum absolute atomic E-state index is 11.0. The van der Waals surface area contributed by atoms with Crippen LogP contribution in [0.4, 0.5) is 0 Å². The van der Waals surface area contributed by atoms with Crippen molar-refractivity contribution in [1.29, 1.82) is 0 Å². The van der Waals surface area contributed by atoms with Crippen LogP contribution in [0, 0.1) is 5.92 Å². The third-order valence-corrected chi connectivity index (χ3v) is 5.32. The van der Waals surface area contributed by atoms with Gasteiger partial charge in [0.25, 0.3) is 0 Å². The number of likely N-dealkylation sites (N-methyl/N-ethyl adjacent to an activating group) is 1. The van der Waals surface area contributed by atoms with Crippen molar-refractivity contribution in [2.24, 2.45) is 5.92 Å². The minimum atomic E-state index is -0.397. The van der Waals surface area contributed by atoms with Crippen molar-refractivity contribution in [3.8, 4) is 0 Å².